The minimum Gasteiger partial charge on any atom is -0.366 e. The van der Waals surface area contributed by atoms with Gasteiger partial charge in [0.15, 0.2) is 5.69 Å². The lowest BCUT2D eigenvalue weighted by atomic mass is 10.1. The predicted octanol–water partition coefficient (Wildman–Crippen LogP) is 1.64. The Bertz CT molecular complexity index is 709. The molecule has 2 rings (SSSR count). The van der Waals surface area contributed by atoms with E-state index in [0.717, 1.165) is 16.9 Å². The minimum absolute atomic E-state index is 0.104. The molecule has 0 aliphatic carbocycles. The Hall–Kier alpha value is -2.84. The van der Waals surface area contributed by atoms with Crippen molar-refractivity contribution >= 4 is 17.5 Å². The third-order valence-electron chi connectivity index (χ3n) is 2.70. The van der Waals surface area contributed by atoms with Crippen molar-refractivity contribution in [2.24, 2.45) is 5.73 Å². The number of aromatic nitrogens is 2. The smallest absolute Gasteiger partial charge is 0.366 e. The van der Waals surface area contributed by atoms with Gasteiger partial charge in [0.2, 0.25) is 5.91 Å². The fraction of sp³-hybridized carbons (Fsp3) is 0.154. The number of nitrogens with two attached hydrogens (primary N) is 1. The molecule has 0 atom stereocenters. The number of hydrogen-bond donors (Lipinski definition) is 2. The largest absolute Gasteiger partial charge is 0.435 e. The summed E-state index contributed by atoms with van der Waals surface area (Å²) in [6.45, 7) is -0.427. The third-order valence-corrected chi connectivity index (χ3v) is 2.70. The normalized spacial score (nSPS) is 11.2. The van der Waals surface area contributed by atoms with Crippen molar-refractivity contribution in [2.75, 3.05) is 5.32 Å². The zero-order valence-corrected chi connectivity index (χ0v) is 11.1. The zero-order chi connectivity index (χ0) is 16.3. The molecule has 1 aromatic carbocycles. The number of hydrogen-bond acceptors (Lipinski definition) is 3. The Morgan fingerprint density at radius 3 is 2.50 bits per heavy atom. The molecule has 1 aromatic heterocycles. The lowest BCUT2D eigenvalue weighted by molar-refractivity contribution is -0.141. The molecule has 1 heterocycles. The molecular formula is C13H11F3N4O2. The van der Waals surface area contributed by atoms with Crippen LogP contribution in [0.5, 0.6) is 0 Å². The molecule has 9 heteroatoms. The molecule has 0 aliphatic heterocycles. The number of primary amides is 1. The van der Waals surface area contributed by atoms with Crippen LogP contribution in [0.2, 0.25) is 0 Å². The highest BCUT2D eigenvalue weighted by molar-refractivity contribution is 6.02. The summed E-state index contributed by atoms with van der Waals surface area (Å²) >= 11 is 0. The monoisotopic (exact) mass is 312 g/mol. The molecule has 0 saturated heterocycles. The van der Waals surface area contributed by atoms with Crippen LogP contribution < -0.4 is 11.1 Å². The number of amides is 2. The summed E-state index contributed by atoms with van der Waals surface area (Å²) in [5.41, 5.74) is 4.36. The van der Waals surface area contributed by atoms with E-state index in [1.165, 1.54) is 12.1 Å². The maximum atomic E-state index is 12.4. The van der Waals surface area contributed by atoms with Gasteiger partial charge in [0.25, 0.3) is 5.91 Å². The van der Waals surface area contributed by atoms with Crippen molar-refractivity contribution < 1.29 is 22.8 Å². The molecular weight excluding hydrogens is 301 g/mol. The van der Waals surface area contributed by atoms with E-state index in [2.05, 4.69) is 10.4 Å². The summed E-state index contributed by atoms with van der Waals surface area (Å²) < 4.78 is 38.1. The van der Waals surface area contributed by atoms with Gasteiger partial charge in [-0.2, -0.15) is 18.3 Å². The molecule has 3 N–H and O–H groups in total. The van der Waals surface area contributed by atoms with Gasteiger partial charge < -0.3 is 11.1 Å². The molecule has 0 bridgehead atoms. The molecule has 0 aliphatic rings. The van der Waals surface area contributed by atoms with Gasteiger partial charge in [0.05, 0.1) is 11.3 Å². The number of benzene rings is 1. The topological polar surface area (TPSA) is 90.0 Å². The SMILES string of the molecule is NC(=O)c1ccccc1NC(=O)Cn1ccc(C(F)(F)F)n1. The lowest BCUT2D eigenvalue weighted by Gasteiger charge is -2.08. The number of nitrogens with one attached hydrogen (secondary N) is 1. The van der Waals surface area contributed by atoms with Crippen LogP contribution >= 0.6 is 0 Å². The summed E-state index contributed by atoms with van der Waals surface area (Å²) in [7, 11) is 0. The van der Waals surface area contributed by atoms with Gasteiger partial charge in [0.1, 0.15) is 6.54 Å². The van der Waals surface area contributed by atoms with Crippen molar-refractivity contribution in [3.63, 3.8) is 0 Å². The lowest BCUT2D eigenvalue weighted by Crippen LogP contribution is -2.22. The average molecular weight is 312 g/mol. The molecule has 0 spiro atoms. The number of nitrogens with zero attached hydrogens (tertiary/aromatic N) is 2. The van der Waals surface area contributed by atoms with Crippen molar-refractivity contribution in [2.45, 2.75) is 12.7 Å². The van der Waals surface area contributed by atoms with Crippen LogP contribution in [0.3, 0.4) is 0 Å². The van der Waals surface area contributed by atoms with Crippen LogP contribution in [0, 0.1) is 0 Å². The number of para-hydroxylation sites is 1. The van der Waals surface area contributed by atoms with Gasteiger partial charge in [-0.3, -0.25) is 14.3 Å². The second kappa shape index (κ2) is 5.88. The van der Waals surface area contributed by atoms with E-state index in [1.54, 1.807) is 12.1 Å². The fourth-order valence-electron chi connectivity index (χ4n) is 1.74. The van der Waals surface area contributed by atoms with Gasteiger partial charge >= 0.3 is 6.18 Å². The van der Waals surface area contributed by atoms with E-state index < -0.39 is 30.2 Å². The summed E-state index contributed by atoms with van der Waals surface area (Å²) in [5, 5.41) is 5.67. The summed E-state index contributed by atoms with van der Waals surface area (Å²) in [4.78, 5) is 23.0. The van der Waals surface area contributed by atoms with Gasteiger partial charge in [-0.25, -0.2) is 0 Å². The first-order chi connectivity index (χ1) is 10.3. The van der Waals surface area contributed by atoms with E-state index in [4.69, 9.17) is 5.73 Å². The zero-order valence-electron chi connectivity index (χ0n) is 11.1. The maximum absolute atomic E-state index is 12.4. The van der Waals surface area contributed by atoms with E-state index in [0.29, 0.717) is 0 Å². The van der Waals surface area contributed by atoms with Crippen LogP contribution in [-0.2, 0) is 17.5 Å². The fourth-order valence-corrected chi connectivity index (χ4v) is 1.74. The van der Waals surface area contributed by atoms with Crippen molar-refractivity contribution in [3.8, 4) is 0 Å². The van der Waals surface area contributed by atoms with Crippen LogP contribution in [0.1, 0.15) is 16.1 Å². The Morgan fingerprint density at radius 2 is 1.91 bits per heavy atom. The second-order valence-corrected chi connectivity index (χ2v) is 4.35. The van der Waals surface area contributed by atoms with Crippen molar-refractivity contribution in [1.29, 1.82) is 0 Å². The van der Waals surface area contributed by atoms with E-state index in [1.807, 2.05) is 0 Å². The van der Waals surface area contributed by atoms with E-state index >= 15 is 0 Å². The summed E-state index contributed by atoms with van der Waals surface area (Å²) in [6.07, 6.45) is -3.53. The molecule has 6 nitrogen and oxygen atoms in total. The van der Waals surface area contributed by atoms with Crippen LogP contribution in [0.25, 0.3) is 0 Å². The molecule has 116 valence electrons. The quantitative estimate of drug-likeness (QED) is 0.899. The number of carbonyl (C=O) groups excluding carboxylic acids is 2. The molecule has 22 heavy (non-hydrogen) atoms. The van der Waals surface area contributed by atoms with E-state index in [-0.39, 0.29) is 11.3 Å². The Morgan fingerprint density at radius 1 is 1.23 bits per heavy atom. The number of rotatable bonds is 4. The number of alkyl halides is 3. The highest BCUT2D eigenvalue weighted by Crippen LogP contribution is 2.27. The number of carbonyl (C=O) groups is 2. The minimum atomic E-state index is -4.57. The van der Waals surface area contributed by atoms with Gasteiger partial charge in [-0.05, 0) is 18.2 Å². The highest BCUT2D eigenvalue weighted by atomic mass is 19.4. The molecule has 2 aromatic rings. The van der Waals surface area contributed by atoms with Crippen molar-refractivity contribution in [3.05, 3.63) is 47.8 Å². The third kappa shape index (κ3) is 3.62. The summed E-state index contributed by atoms with van der Waals surface area (Å²) in [5.74, 6) is -1.36. The summed E-state index contributed by atoms with van der Waals surface area (Å²) in [6, 6.07) is 6.80. The standard InChI is InChI=1S/C13H11F3N4O2/c14-13(15,16)10-5-6-20(19-10)7-11(21)18-9-4-2-1-3-8(9)12(17)22/h1-6H,7H2,(H2,17,22)(H,18,21). The Balaban J connectivity index is 2.08. The Kier molecular flexibility index (Phi) is 4.15. The average Bonchev–Trinajstić information content (AvgIpc) is 2.87. The van der Waals surface area contributed by atoms with Gasteiger partial charge in [-0.15, -0.1) is 0 Å². The van der Waals surface area contributed by atoms with Crippen molar-refractivity contribution in [1.82, 2.24) is 9.78 Å². The highest BCUT2D eigenvalue weighted by Gasteiger charge is 2.33. The first kappa shape index (κ1) is 15.5. The molecule has 0 radical (unpaired) electrons. The Labute approximate surface area is 122 Å². The first-order valence-corrected chi connectivity index (χ1v) is 6.06. The number of anilines is 1. The molecule has 0 unspecified atom stereocenters. The predicted molar refractivity (Wildman–Crippen MR) is 70.8 cm³/mol. The maximum Gasteiger partial charge on any atom is 0.435 e. The molecule has 0 saturated carbocycles. The van der Waals surface area contributed by atoms with Crippen LogP contribution in [0.4, 0.5) is 18.9 Å². The van der Waals surface area contributed by atoms with Gasteiger partial charge in [0, 0.05) is 6.20 Å². The molecule has 0 fully saturated rings. The molecule has 2 amide bonds. The van der Waals surface area contributed by atoms with Gasteiger partial charge in [-0.1, -0.05) is 12.1 Å². The van der Waals surface area contributed by atoms with E-state index in [9.17, 15) is 22.8 Å². The first-order valence-electron chi connectivity index (χ1n) is 6.06. The van der Waals surface area contributed by atoms with Crippen LogP contribution in [0.15, 0.2) is 36.5 Å². The van der Waals surface area contributed by atoms with Crippen LogP contribution in [-0.4, -0.2) is 21.6 Å². The number of halogens is 3. The second-order valence-electron chi connectivity index (χ2n) is 4.35.